The van der Waals surface area contributed by atoms with Crippen molar-refractivity contribution in [3.05, 3.63) is 96.1 Å². The van der Waals surface area contributed by atoms with Crippen molar-refractivity contribution >= 4 is 42.2 Å². The van der Waals surface area contributed by atoms with Crippen molar-refractivity contribution in [2.45, 2.75) is 12.2 Å². The third-order valence-electron chi connectivity index (χ3n) is 5.69. The van der Waals surface area contributed by atoms with Crippen molar-refractivity contribution in [1.29, 1.82) is 0 Å². The number of ether oxygens (including phenoxy) is 2. The second-order valence-corrected chi connectivity index (χ2v) is 12.2. The number of quaternary nitrogens is 1. The molecule has 0 saturated heterocycles. The average Bonchev–Trinajstić information content (AvgIpc) is 2.95. The topological polar surface area (TPSA) is 154 Å². The van der Waals surface area contributed by atoms with Crippen molar-refractivity contribution in [3.63, 3.8) is 0 Å². The maximum atomic E-state index is 12.0. The molecule has 3 atom stereocenters. The molecule has 41 heavy (non-hydrogen) atoms. The summed E-state index contributed by atoms with van der Waals surface area (Å²) in [6, 6.07) is 22.6. The third kappa shape index (κ3) is 9.68. The molecule has 0 radical (unpaired) electrons. The van der Waals surface area contributed by atoms with Crippen LogP contribution in [0.1, 0.15) is 20.7 Å². The number of hydrogen-bond donors (Lipinski definition) is 2. The molecule has 0 aliphatic rings. The van der Waals surface area contributed by atoms with Crippen LogP contribution in [-0.4, -0.2) is 81.2 Å². The molecule has 3 aromatic rings. The van der Waals surface area contributed by atoms with E-state index in [1.807, 2.05) is 24.3 Å². The molecule has 0 saturated carbocycles. The number of carboxylic acid groups (broad SMARTS) is 2. The molecule has 218 valence electrons. The van der Waals surface area contributed by atoms with Gasteiger partial charge in [0.15, 0.2) is 0 Å². The number of hydrogen-bond acceptors (Lipinski definition) is 8. The molecule has 3 aromatic carbocycles. The summed E-state index contributed by atoms with van der Waals surface area (Å²) in [5.74, 6) is -5.63. The molecule has 11 nitrogen and oxygen atoms in total. The van der Waals surface area contributed by atoms with Gasteiger partial charge in [-0.25, -0.2) is 19.2 Å². The molecule has 2 N–H and O–H groups in total. The minimum absolute atomic E-state index is 0.0253. The van der Waals surface area contributed by atoms with Gasteiger partial charge in [0.05, 0.1) is 32.3 Å². The van der Waals surface area contributed by atoms with Crippen LogP contribution in [0, 0.1) is 0 Å². The van der Waals surface area contributed by atoms with E-state index in [9.17, 15) is 34.0 Å². The first-order chi connectivity index (χ1) is 19.2. The minimum Gasteiger partial charge on any atom is -0.478 e. The van der Waals surface area contributed by atoms with Crippen molar-refractivity contribution < 1.29 is 48.0 Å². The van der Waals surface area contributed by atoms with Gasteiger partial charge in [-0.2, -0.15) is 0 Å². The van der Waals surface area contributed by atoms with E-state index in [0.29, 0.717) is 0 Å². The maximum Gasteiger partial charge on any atom is 0.349 e. The molecule has 0 fully saturated rings. The minimum atomic E-state index is -2.60. The Bertz CT molecular complexity index is 1320. The van der Waals surface area contributed by atoms with Crippen LogP contribution in [0.3, 0.4) is 0 Å². The highest BCUT2D eigenvalue weighted by Gasteiger charge is 2.41. The van der Waals surface area contributed by atoms with Crippen molar-refractivity contribution in [2.75, 3.05) is 34.9 Å². The first kappa shape index (κ1) is 32.9. The van der Waals surface area contributed by atoms with Crippen molar-refractivity contribution in [2.24, 2.45) is 0 Å². The second kappa shape index (κ2) is 14.4. The summed E-state index contributed by atoms with van der Waals surface area (Å²) < 4.78 is 27.2. The fraction of sp³-hybridized carbons (Fsp3) is 0.241. The Morgan fingerprint density at radius 3 is 1.34 bits per heavy atom. The predicted molar refractivity (Wildman–Crippen MR) is 153 cm³/mol. The predicted octanol–water partition coefficient (Wildman–Crippen LogP) is 3.67. The Labute approximate surface area is 237 Å². The summed E-state index contributed by atoms with van der Waals surface area (Å²) in [7, 11) is 5.16. The second-order valence-electron chi connectivity index (χ2n) is 9.62. The van der Waals surface area contributed by atoms with E-state index in [1.165, 1.54) is 61.3 Å². The van der Waals surface area contributed by atoms with Gasteiger partial charge in [0.2, 0.25) is 19.6 Å². The fourth-order valence-corrected chi connectivity index (χ4v) is 4.18. The zero-order valence-corrected chi connectivity index (χ0v) is 24.2. The highest BCUT2D eigenvalue weighted by atomic mass is 31.2. The average molecular weight is 587 g/mol. The number of carbonyl (C=O) groups is 4. The number of esters is 2. The zero-order chi connectivity index (χ0) is 30.8. The lowest BCUT2D eigenvalue weighted by Crippen LogP contribution is -2.45. The molecule has 3 rings (SSSR count). The SMILES string of the molecule is COP(C)(=O)c1ccc([N+](C)(C)C)cc1.O=C(OC(C(=O)O)C(OC(=O)c1ccccc1)C(=O)O)c1ccccc1. The van der Waals surface area contributed by atoms with Gasteiger partial charge >= 0.3 is 23.9 Å². The Hall–Kier alpha value is -4.31. The van der Waals surface area contributed by atoms with Gasteiger partial charge in [-0.05, 0) is 48.5 Å². The number of benzene rings is 3. The van der Waals surface area contributed by atoms with E-state index in [-0.39, 0.29) is 11.1 Å². The normalized spacial score (nSPS) is 13.8. The molecule has 0 heterocycles. The van der Waals surface area contributed by atoms with Crippen LogP contribution in [0.4, 0.5) is 5.69 Å². The Morgan fingerprint density at radius 2 is 1.05 bits per heavy atom. The lowest BCUT2D eigenvalue weighted by Gasteiger charge is -2.23. The van der Waals surface area contributed by atoms with Crippen LogP contribution in [0.25, 0.3) is 0 Å². The Morgan fingerprint density at radius 1 is 0.683 bits per heavy atom. The van der Waals surface area contributed by atoms with Gasteiger partial charge in [-0.3, -0.25) is 9.05 Å². The smallest absolute Gasteiger partial charge is 0.349 e. The van der Waals surface area contributed by atoms with E-state index in [0.717, 1.165) is 9.79 Å². The lowest BCUT2D eigenvalue weighted by molar-refractivity contribution is -0.166. The number of nitrogens with zero attached hydrogens (tertiary/aromatic N) is 1. The fourth-order valence-electron chi connectivity index (χ4n) is 3.27. The summed E-state index contributed by atoms with van der Waals surface area (Å²) in [5.41, 5.74) is 1.23. The van der Waals surface area contributed by atoms with Crippen molar-refractivity contribution in [1.82, 2.24) is 4.48 Å². The number of carbonyl (C=O) groups excluding carboxylic acids is 2. The largest absolute Gasteiger partial charge is 0.478 e. The first-order valence-corrected chi connectivity index (χ1v) is 14.3. The van der Waals surface area contributed by atoms with Crippen LogP contribution in [0.2, 0.25) is 0 Å². The summed E-state index contributed by atoms with van der Waals surface area (Å²) in [5, 5.41) is 19.2. The van der Waals surface area contributed by atoms with Crippen LogP contribution >= 0.6 is 7.37 Å². The summed E-state index contributed by atoms with van der Waals surface area (Å²) in [4.78, 5) is 46.8. The summed E-state index contributed by atoms with van der Waals surface area (Å²) >= 11 is 0. The molecule has 0 bridgehead atoms. The molecule has 0 spiro atoms. The van der Waals surface area contributed by atoms with E-state index in [2.05, 4.69) is 21.1 Å². The monoisotopic (exact) mass is 586 g/mol. The molecule has 0 aliphatic carbocycles. The highest BCUT2D eigenvalue weighted by Crippen LogP contribution is 2.40. The number of aliphatic carboxylic acids is 2. The van der Waals surface area contributed by atoms with Crippen LogP contribution in [0.15, 0.2) is 84.9 Å². The Kier molecular flexibility index (Phi) is 11.5. The van der Waals surface area contributed by atoms with Crippen molar-refractivity contribution in [3.8, 4) is 0 Å². The van der Waals surface area contributed by atoms with E-state index >= 15 is 0 Å². The van der Waals surface area contributed by atoms with Gasteiger partial charge < -0.3 is 24.2 Å². The van der Waals surface area contributed by atoms with Crippen LogP contribution in [-0.2, 0) is 28.2 Å². The number of rotatable bonds is 10. The quantitative estimate of drug-likeness (QED) is 0.204. The van der Waals surface area contributed by atoms with E-state index in [1.54, 1.807) is 18.8 Å². The summed E-state index contributed by atoms with van der Waals surface area (Å²) in [6.07, 6.45) is -4.43. The third-order valence-corrected chi connectivity index (χ3v) is 7.62. The Balaban J connectivity index is 0.000000333. The standard InChI is InChI=1S/C18H14O8.C11H19NO2P/c19-15(20)13(25-17(23)11-7-3-1-4-8-11)14(16(21)22)26-18(24)12-9-5-2-6-10-12;1-12(2,3)10-6-8-11(9-7-10)15(5,13)14-4/h1-10,13-14H,(H,19,20)(H,21,22);6-9H,1-5H3/q;+1. The van der Waals surface area contributed by atoms with Gasteiger partial charge in [-0.15, -0.1) is 0 Å². The van der Waals surface area contributed by atoms with Gasteiger partial charge in [0.25, 0.3) is 0 Å². The molecular weight excluding hydrogens is 553 g/mol. The number of carboxylic acids is 2. The highest BCUT2D eigenvalue weighted by molar-refractivity contribution is 7.66. The van der Waals surface area contributed by atoms with Gasteiger partial charge in [0, 0.05) is 19.1 Å². The molecule has 12 heteroatoms. The maximum absolute atomic E-state index is 12.0. The van der Waals surface area contributed by atoms with Gasteiger partial charge in [0.1, 0.15) is 5.69 Å². The van der Waals surface area contributed by atoms with E-state index in [4.69, 9.17) is 14.0 Å². The molecule has 0 aliphatic heterocycles. The van der Waals surface area contributed by atoms with E-state index < -0.39 is 43.5 Å². The zero-order valence-electron chi connectivity index (χ0n) is 23.3. The summed E-state index contributed by atoms with van der Waals surface area (Å²) in [6.45, 7) is 1.63. The molecule has 0 aromatic heterocycles. The van der Waals surface area contributed by atoms with Crippen LogP contribution in [0.5, 0.6) is 0 Å². The lowest BCUT2D eigenvalue weighted by atomic mass is 10.1. The molecule has 3 unspecified atom stereocenters. The molecule has 0 amide bonds. The molecular formula is C29H33NO10P+. The van der Waals surface area contributed by atoms with Crippen LogP contribution < -0.4 is 9.79 Å². The van der Waals surface area contributed by atoms with Gasteiger partial charge in [-0.1, -0.05) is 36.4 Å². The first-order valence-electron chi connectivity index (χ1n) is 12.2.